The number of nitrogens with zero attached hydrogens (tertiary/aromatic N) is 2. The predicted molar refractivity (Wildman–Crippen MR) is 68.9 cm³/mol. The van der Waals surface area contributed by atoms with Crippen LogP contribution in [0.3, 0.4) is 0 Å². The summed E-state index contributed by atoms with van der Waals surface area (Å²) in [6, 6.07) is 9.42. The van der Waals surface area contributed by atoms with E-state index in [1.165, 1.54) is 0 Å². The van der Waals surface area contributed by atoms with Gasteiger partial charge in [-0.1, -0.05) is 18.2 Å². The van der Waals surface area contributed by atoms with Crippen molar-refractivity contribution in [2.45, 2.75) is 0 Å². The number of aromatic nitrogens is 3. The zero-order valence-electron chi connectivity index (χ0n) is 8.68. The van der Waals surface area contributed by atoms with Gasteiger partial charge >= 0.3 is 5.69 Å². The molecule has 0 aliphatic carbocycles. The van der Waals surface area contributed by atoms with E-state index in [0.29, 0.717) is 5.11 Å². The molecule has 0 amide bonds. The molecule has 0 aliphatic heterocycles. The predicted octanol–water partition coefficient (Wildman–Crippen LogP) is 0.974. The number of benzene rings is 1. The Morgan fingerprint density at radius 3 is 2.65 bits per heavy atom. The van der Waals surface area contributed by atoms with Crippen LogP contribution in [-0.2, 0) is 0 Å². The Balaban J connectivity index is 2.01. The Bertz CT molecular complexity index is 568. The highest BCUT2D eigenvalue weighted by Crippen LogP contribution is 2.05. The summed E-state index contributed by atoms with van der Waals surface area (Å²) >= 11 is 5.06. The minimum atomic E-state index is -0.481. The molecule has 0 unspecified atom stereocenters. The van der Waals surface area contributed by atoms with Crippen LogP contribution in [0.5, 0.6) is 0 Å². The standard InChI is InChI=1S/C10H9N5OS/c16-9-12-6-11-8(14-9)15-10(17)13-7-4-2-1-3-5-7/h1-6H,(H3,11,12,13,14,15,16,17). The van der Waals surface area contributed by atoms with E-state index < -0.39 is 5.69 Å². The number of para-hydroxylation sites is 1. The van der Waals surface area contributed by atoms with Crippen molar-refractivity contribution < 1.29 is 0 Å². The van der Waals surface area contributed by atoms with Gasteiger partial charge in [-0.2, -0.15) is 4.98 Å². The molecule has 2 aromatic rings. The van der Waals surface area contributed by atoms with Crippen LogP contribution in [0.1, 0.15) is 0 Å². The lowest BCUT2D eigenvalue weighted by Gasteiger charge is -2.08. The summed E-state index contributed by atoms with van der Waals surface area (Å²) in [4.78, 5) is 20.5. The summed E-state index contributed by atoms with van der Waals surface area (Å²) < 4.78 is 0. The third kappa shape index (κ3) is 3.35. The van der Waals surface area contributed by atoms with Crippen LogP contribution in [-0.4, -0.2) is 20.1 Å². The van der Waals surface area contributed by atoms with Gasteiger partial charge in [-0.25, -0.2) is 9.78 Å². The van der Waals surface area contributed by atoms with Crippen LogP contribution in [0, 0.1) is 0 Å². The molecule has 1 heterocycles. The molecule has 0 aliphatic rings. The molecule has 0 bridgehead atoms. The summed E-state index contributed by atoms with van der Waals surface area (Å²) in [5.74, 6) is 0.249. The van der Waals surface area contributed by atoms with E-state index in [1.807, 2.05) is 30.3 Å². The van der Waals surface area contributed by atoms with Crippen LogP contribution < -0.4 is 16.3 Å². The van der Waals surface area contributed by atoms with Gasteiger partial charge in [0.05, 0.1) is 0 Å². The lowest BCUT2D eigenvalue weighted by molar-refractivity contribution is 0.996. The molecule has 86 valence electrons. The fraction of sp³-hybridized carbons (Fsp3) is 0. The van der Waals surface area contributed by atoms with E-state index >= 15 is 0 Å². The van der Waals surface area contributed by atoms with Gasteiger partial charge < -0.3 is 10.6 Å². The average Bonchev–Trinajstić information content (AvgIpc) is 2.30. The van der Waals surface area contributed by atoms with Crippen LogP contribution >= 0.6 is 12.2 Å². The fourth-order valence-corrected chi connectivity index (χ4v) is 1.37. The van der Waals surface area contributed by atoms with E-state index in [1.54, 1.807) is 0 Å². The Kier molecular flexibility index (Phi) is 3.41. The molecule has 7 heteroatoms. The largest absolute Gasteiger partial charge is 0.349 e. The average molecular weight is 247 g/mol. The molecular formula is C10H9N5OS. The van der Waals surface area contributed by atoms with E-state index in [9.17, 15) is 4.79 Å². The summed E-state index contributed by atoms with van der Waals surface area (Å²) in [5, 5.41) is 6.03. The Morgan fingerprint density at radius 1 is 1.18 bits per heavy atom. The molecule has 0 fully saturated rings. The van der Waals surface area contributed by atoms with Crippen molar-refractivity contribution in [3.05, 3.63) is 47.1 Å². The van der Waals surface area contributed by atoms with Gasteiger partial charge in [0.25, 0.3) is 0 Å². The Hall–Kier alpha value is -2.28. The first kappa shape index (κ1) is 11.2. The third-order valence-corrected chi connectivity index (χ3v) is 2.05. The minimum absolute atomic E-state index is 0.249. The number of anilines is 2. The highest BCUT2D eigenvalue weighted by molar-refractivity contribution is 7.80. The molecule has 3 N–H and O–H groups in total. The molecule has 0 atom stereocenters. The summed E-state index contributed by atoms with van der Waals surface area (Å²) in [7, 11) is 0. The Labute approximate surface area is 102 Å². The molecule has 0 saturated carbocycles. The first-order chi connectivity index (χ1) is 8.24. The number of aromatic amines is 1. The summed E-state index contributed by atoms with van der Waals surface area (Å²) in [6.45, 7) is 0. The Morgan fingerprint density at radius 2 is 1.94 bits per heavy atom. The lowest BCUT2D eigenvalue weighted by atomic mass is 10.3. The number of hydrogen-bond donors (Lipinski definition) is 3. The molecule has 0 radical (unpaired) electrons. The van der Waals surface area contributed by atoms with Crippen molar-refractivity contribution in [1.82, 2.24) is 15.0 Å². The van der Waals surface area contributed by atoms with E-state index in [-0.39, 0.29) is 5.95 Å². The number of hydrogen-bond acceptors (Lipinski definition) is 4. The van der Waals surface area contributed by atoms with Gasteiger partial charge in [0.2, 0.25) is 5.95 Å². The van der Waals surface area contributed by atoms with Crippen LogP contribution in [0.2, 0.25) is 0 Å². The molecule has 1 aromatic heterocycles. The molecule has 0 spiro atoms. The number of rotatable bonds is 2. The zero-order valence-corrected chi connectivity index (χ0v) is 9.49. The fourth-order valence-electron chi connectivity index (χ4n) is 1.16. The zero-order chi connectivity index (χ0) is 12.1. The maximum atomic E-state index is 10.9. The van der Waals surface area contributed by atoms with Crippen molar-refractivity contribution in [3.63, 3.8) is 0 Å². The van der Waals surface area contributed by atoms with Gasteiger partial charge in [0.1, 0.15) is 6.33 Å². The van der Waals surface area contributed by atoms with Gasteiger partial charge in [-0.05, 0) is 24.4 Å². The third-order valence-electron chi connectivity index (χ3n) is 1.85. The molecule has 2 rings (SSSR count). The van der Waals surface area contributed by atoms with Crippen LogP contribution in [0.4, 0.5) is 11.6 Å². The molecule has 0 saturated heterocycles. The summed E-state index contributed by atoms with van der Waals surface area (Å²) in [6.07, 6.45) is 1.16. The number of H-pyrrole nitrogens is 1. The monoisotopic (exact) mass is 247 g/mol. The molecule has 1 aromatic carbocycles. The first-order valence-corrected chi connectivity index (χ1v) is 5.19. The van der Waals surface area contributed by atoms with E-state index in [4.69, 9.17) is 12.2 Å². The van der Waals surface area contributed by atoms with Crippen molar-refractivity contribution in [3.8, 4) is 0 Å². The number of thiocarbonyl (C=S) groups is 1. The quantitative estimate of drug-likeness (QED) is 0.686. The van der Waals surface area contributed by atoms with Gasteiger partial charge in [0.15, 0.2) is 5.11 Å². The van der Waals surface area contributed by atoms with Crippen LogP contribution in [0.25, 0.3) is 0 Å². The smallest absolute Gasteiger partial charge is 0.332 e. The maximum Gasteiger partial charge on any atom is 0.349 e. The minimum Gasteiger partial charge on any atom is -0.332 e. The maximum absolute atomic E-state index is 10.9. The molecule has 6 nitrogen and oxygen atoms in total. The SMILES string of the molecule is O=c1ncnc(NC(=S)Nc2ccccc2)[nH]1. The highest BCUT2D eigenvalue weighted by atomic mass is 32.1. The van der Waals surface area contributed by atoms with E-state index in [0.717, 1.165) is 12.0 Å². The lowest BCUT2D eigenvalue weighted by Crippen LogP contribution is -2.23. The van der Waals surface area contributed by atoms with Gasteiger partial charge in [-0.3, -0.25) is 4.98 Å². The molecular weight excluding hydrogens is 238 g/mol. The highest BCUT2D eigenvalue weighted by Gasteiger charge is 1.99. The van der Waals surface area contributed by atoms with Crippen molar-refractivity contribution in [1.29, 1.82) is 0 Å². The summed E-state index contributed by atoms with van der Waals surface area (Å²) in [5.41, 5.74) is 0.367. The second kappa shape index (κ2) is 5.17. The molecule has 17 heavy (non-hydrogen) atoms. The van der Waals surface area contributed by atoms with Gasteiger partial charge in [-0.15, -0.1) is 0 Å². The second-order valence-electron chi connectivity index (χ2n) is 3.10. The normalized spacial score (nSPS) is 9.65. The van der Waals surface area contributed by atoms with Gasteiger partial charge in [0, 0.05) is 5.69 Å². The van der Waals surface area contributed by atoms with Crippen molar-refractivity contribution >= 4 is 29.0 Å². The van der Waals surface area contributed by atoms with E-state index in [2.05, 4.69) is 25.6 Å². The second-order valence-corrected chi connectivity index (χ2v) is 3.51. The number of nitrogens with one attached hydrogen (secondary N) is 3. The topological polar surface area (TPSA) is 82.7 Å². The van der Waals surface area contributed by atoms with Crippen molar-refractivity contribution in [2.24, 2.45) is 0 Å². The van der Waals surface area contributed by atoms with Crippen LogP contribution in [0.15, 0.2) is 41.5 Å². The first-order valence-electron chi connectivity index (χ1n) is 4.78. The van der Waals surface area contributed by atoms with Crippen molar-refractivity contribution in [2.75, 3.05) is 10.6 Å².